The van der Waals surface area contributed by atoms with Crippen LogP contribution in [0, 0.1) is 12.8 Å². The summed E-state index contributed by atoms with van der Waals surface area (Å²) in [6.45, 7) is 6.23. The molecule has 0 bridgehead atoms. The topological polar surface area (TPSA) is 49.8 Å². The van der Waals surface area contributed by atoms with Gasteiger partial charge in [0.1, 0.15) is 18.0 Å². The summed E-state index contributed by atoms with van der Waals surface area (Å²) in [6, 6.07) is 0. The van der Waals surface area contributed by atoms with Gasteiger partial charge in [-0.2, -0.15) is 0 Å². The van der Waals surface area contributed by atoms with Crippen molar-refractivity contribution in [3.05, 3.63) is 11.9 Å². The quantitative estimate of drug-likeness (QED) is 0.794. The van der Waals surface area contributed by atoms with E-state index in [0.717, 1.165) is 42.6 Å². The van der Waals surface area contributed by atoms with E-state index < -0.39 is 0 Å². The van der Waals surface area contributed by atoms with Gasteiger partial charge < -0.3 is 10.6 Å². The maximum atomic E-state index is 4.32. The fraction of sp³-hybridized carbons (Fsp3) is 0.692. The molecule has 1 aromatic rings. The van der Waals surface area contributed by atoms with E-state index in [0.29, 0.717) is 0 Å². The number of anilines is 2. The minimum Gasteiger partial charge on any atom is -0.370 e. The number of hydrogen-bond donors (Lipinski definition) is 2. The second-order valence-electron chi connectivity index (χ2n) is 4.80. The van der Waals surface area contributed by atoms with E-state index in [1.165, 1.54) is 19.3 Å². The van der Waals surface area contributed by atoms with Gasteiger partial charge in [0.05, 0.1) is 0 Å². The first-order chi connectivity index (χ1) is 8.31. The average Bonchev–Trinajstić information content (AvgIpc) is 2.27. The van der Waals surface area contributed by atoms with Crippen LogP contribution < -0.4 is 10.6 Å². The summed E-state index contributed by atoms with van der Waals surface area (Å²) in [5, 5.41) is 6.77. The molecule has 0 unspecified atom stereocenters. The van der Waals surface area contributed by atoms with Gasteiger partial charge in [-0.25, -0.2) is 9.97 Å². The van der Waals surface area contributed by atoms with Crippen LogP contribution in [0.2, 0.25) is 0 Å². The molecule has 0 aromatic carbocycles. The summed E-state index contributed by atoms with van der Waals surface area (Å²) in [5.41, 5.74) is 1.13. The van der Waals surface area contributed by atoms with Gasteiger partial charge in [-0.1, -0.05) is 13.3 Å². The van der Waals surface area contributed by atoms with Gasteiger partial charge in [0, 0.05) is 18.7 Å². The van der Waals surface area contributed by atoms with Crippen molar-refractivity contribution in [1.29, 1.82) is 0 Å². The third-order valence-electron chi connectivity index (χ3n) is 3.41. The molecule has 0 spiro atoms. The molecule has 2 N–H and O–H groups in total. The van der Waals surface area contributed by atoms with E-state index in [-0.39, 0.29) is 0 Å². The van der Waals surface area contributed by atoms with E-state index in [2.05, 4.69) is 34.4 Å². The van der Waals surface area contributed by atoms with E-state index in [1.807, 2.05) is 0 Å². The van der Waals surface area contributed by atoms with Crippen molar-refractivity contribution in [2.24, 2.45) is 5.92 Å². The summed E-state index contributed by atoms with van der Waals surface area (Å²) in [6.07, 6.45) is 6.84. The second-order valence-corrected chi connectivity index (χ2v) is 4.80. The molecule has 1 saturated carbocycles. The van der Waals surface area contributed by atoms with Crippen molar-refractivity contribution in [3.8, 4) is 0 Å². The van der Waals surface area contributed by atoms with Crippen molar-refractivity contribution in [1.82, 2.24) is 9.97 Å². The molecule has 0 amide bonds. The Morgan fingerprint density at radius 2 is 1.94 bits per heavy atom. The third-order valence-corrected chi connectivity index (χ3v) is 3.41. The van der Waals surface area contributed by atoms with Gasteiger partial charge in [0.25, 0.3) is 0 Å². The first-order valence-electron chi connectivity index (χ1n) is 6.60. The van der Waals surface area contributed by atoms with Crippen LogP contribution in [0.5, 0.6) is 0 Å². The van der Waals surface area contributed by atoms with Crippen molar-refractivity contribution in [2.75, 3.05) is 23.7 Å². The molecule has 0 saturated heterocycles. The largest absolute Gasteiger partial charge is 0.370 e. The number of nitrogens with zero attached hydrogens (tertiary/aromatic N) is 2. The Labute approximate surface area is 103 Å². The van der Waals surface area contributed by atoms with Crippen LogP contribution >= 0.6 is 0 Å². The van der Waals surface area contributed by atoms with Crippen molar-refractivity contribution >= 4 is 11.6 Å². The van der Waals surface area contributed by atoms with Gasteiger partial charge in [-0.15, -0.1) is 0 Å². The summed E-state index contributed by atoms with van der Waals surface area (Å²) in [5.74, 6) is 2.78. The summed E-state index contributed by atoms with van der Waals surface area (Å²) in [7, 11) is 0. The van der Waals surface area contributed by atoms with E-state index in [4.69, 9.17) is 0 Å². The minimum absolute atomic E-state index is 0.844. The van der Waals surface area contributed by atoms with Gasteiger partial charge >= 0.3 is 0 Å². The predicted molar refractivity (Wildman–Crippen MR) is 71.4 cm³/mol. The Balaban J connectivity index is 1.95. The standard InChI is InChI=1S/C13H22N4/c1-3-7-14-12-10(2)13(17-9-16-12)15-8-11-5-4-6-11/h9,11H,3-8H2,1-2H3,(H2,14,15,16,17). The molecule has 1 aliphatic carbocycles. The van der Waals surface area contributed by atoms with Crippen molar-refractivity contribution in [2.45, 2.75) is 39.5 Å². The molecule has 94 valence electrons. The lowest BCUT2D eigenvalue weighted by Gasteiger charge is -2.26. The highest BCUT2D eigenvalue weighted by Crippen LogP contribution is 2.27. The second kappa shape index (κ2) is 5.84. The third kappa shape index (κ3) is 3.08. The molecule has 0 atom stereocenters. The molecule has 0 aliphatic heterocycles. The van der Waals surface area contributed by atoms with Crippen LogP contribution in [0.3, 0.4) is 0 Å². The van der Waals surface area contributed by atoms with Gasteiger partial charge in [0.15, 0.2) is 0 Å². The molecule has 1 fully saturated rings. The first kappa shape index (κ1) is 12.1. The smallest absolute Gasteiger partial charge is 0.134 e. The zero-order valence-electron chi connectivity index (χ0n) is 10.8. The first-order valence-corrected chi connectivity index (χ1v) is 6.60. The normalized spacial score (nSPS) is 15.4. The van der Waals surface area contributed by atoms with Crippen LogP contribution in [0.1, 0.15) is 38.2 Å². The van der Waals surface area contributed by atoms with Crippen LogP contribution in [0.15, 0.2) is 6.33 Å². The maximum Gasteiger partial charge on any atom is 0.134 e. The molecule has 1 aliphatic rings. The maximum absolute atomic E-state index is 4.32. The summed E-state index contributed by atoms with van der Waals surface area (Å²) < 4.78 is 0. The van der Waals surface area contributed by atoms with Gasteiger partial charge in [0.2, 0.25) is 0 Å². The summed E-state index contributed by atoms with van der Waals surface area (Å²) >= 11 is 0. The molecular formula is C13H22N4. The molecular weight excluding hydrogens is 212 g/mol. The van der Waals surface area contributed by atoms with Gasteiger partial charge in [-0.05, 0) is 32.1 Å². The number of nitrogens with one attached hydrogen (secondary N) is 2. The fourth-order valence-corrected chi connectivity index (χ4v) is 1.99. The SMILES string of the molecule is CCCNc1ncnc(NCC2CCC2)c1C. The number of rotatable bonds is 6. The molecule has 17 heavy (non-hydrogen) atoms. The zero-order chi connectivity index (χ0) is 12.1. The van der Waals surface area contributed by atoms with E-state index >= 15 is 0 Å². The molecule has 1 aromatic heterocycles. The van der Waals surface area contributed by atoms with Crippen LogP contribution in [-0.2, 0) is 0 Å². The number of hydrogen-bond acceptors (Lipinski definition) is 4. The van der Waals surface area contributed by atoms with Crippen LogP contribution in [0.25, 0.3) is 0 Å². The predicted octanol–water partition coefficient (Wildman–Crippen LogP) is 2.82. The zero-order valence-corrected chi connectivity index (χ0v) is 10.8. The highest BCUT2D eigenvalue weighted by Gasteiger charge is 2.17. The molecule has 4 heteroatoms. The van der Waals surface area contributed by atoms with E-state index in [1.54, 1.807) is 6.33 Å². The highest BCUT2D eigenvalue weighted by molar-refractivity contribution is 5.56. The Morgan fingerprint density at radius 3 is 2.53 bits per heavy atom. The molecule has 0 radical (unpaired) electrons. The Kier molecular flexibility index (Phi) is 4.18. The Hall–Kier alpha value is -1.32. The minimum atomic E-state index is 0.844. The molecule has 1 heterocycles. The average molecular weight is 234 g/mol. The fourth-order valence-electron chi connectivity index (χ4n) is 1.99. The monoisotopic (exact) mass is 234 g/mol. The Bertz CT molecular complexity index is 360. The highest BCUT2D eigenvalue weighted by atomic mass is 15.1. The number of aromatic nitrogens is 2. The van der Waals surface area contributed by atoms with Crippen molar-refractivity contribution < 1.29 is 0 Å². The van der Waals surface area contributed by atoms with Gasteiger partial charge in [-0.3, -0.25) is 0 Å². The van der Waals surface area contributed by atoms with Crippen LogP contribution in [0.4, 0.5) is 11.6 Å². The van der Waals surface area contributed by atoms with E-state index in [9.17, 15) is 0 Å². The van der Waals surface area contributed by atoms with Crippen molar-refractivity contribution in [3.63, 3.8) is 0 Å². The molecule has 4 nitrogen and oxygen atoms in total. The lowest BCUT2D eigenvalue weighted by molar-refractivity contribution is 0.333. The Morgan fingerprint density at radius 1 is 1.24 bits per heavy atom. The summed E-state index contributed by atoms with van der Waals surface area (Å²) in [4.78, 5) is 8.59. The lowest BCUT2D eigenvalue weighted by atomic mass is 9.85. The lowest BCUT2D eigenvalue weighted by Crippen LogP contribution is -2.22. The molecule has 2 rings (SSSR count). The van der Waals surface area contributed by atoms with Crippen LogP contribution in [-0.4, -0.2) is 23.1 Å².